The van der Waals surface area contributed by atoms with Gasteiger partial charge in [-0.3, -0.25) is 9.69 Å². The molecule has 0 aliphatic carbocycles. The van der Waals surface area contributed by atoms with Crippen molar-refractivity contribution in [2.45, 2.75) is 13.0 Å². The summed E-state index contributed by atoms with van der Waals surface area (Å²) in [5.41, 5.74) is 1.93. The molecule has 0 radical (unpaired) electrons. The number of aromatic nitrogens is 1. The summed E-state index contributed by atoms with van der Waals surface area (Å²) < 4.78 is 18.3. The van der Waals surface area contributed by atoms with E-state index in [2.05, 4.69) is 10.5 Å². The Morgan fingerprint density at radius 2 is 1.81 bits per heavy atom. The van der Waals surface area contributed by atoms with Crippen molar-refractivity contribution in [3.63, 3.8) is 0 Å². The highest BCUT2D eigenvalue weighted by atomic mass is 19.1. The number of anilines is 1. The van der Waals surface area contributed by atoms with Crippen molar-refractivity contribution in [1.82, 2.24) is 10.1 Å². The highest BCUT2D eigenvalue weighted by molar-refractivity contribution is 5.91. The predicted octanol–water partition coefficient (Wildman–Crippen LogP) is 3.78. The van der Waals surface area contributed by atoms with Gasteiger partial charge in [0.05, 0.1) is 12.6 Å². The van der Waals surface area contributed by atoms with Crippen molar-refractivity contribution >= 4 is 11.7 Å². The van der Waals surface area contributed by atoms with Crippen LogP contribution in [0.25, 0.3) is 0 Å². The van der Waals surface area contributed by atoms with Crippen LogP contribution in [0.15, 0.2) is 65.2 Å². The van der Waals surface area contributed by atoms with E-state index in [0.717, 1.165) is 11.1 Å². The second kappa shape index (κ2) is 7.93. The fourth-order valence-electron chi connectivity index (χ4n) is 2.91. The number of carbonyl (C=O) groups is 1. The number of aryl methyl sites for hydroxylation is 1. The van der Waals surface area contributed by atoms with E-state index in [1.54, 1.807) is 25.1 Å². The Hall–Kier alpha value is -2.99. The van der Waals surface area contributed by atoms with Crippen molar-refractivity contribution in [3.05, 3.63) is 83.4 Å². The van der Waals surface area contributed by atoms with E-state index in [-0.39, 0.29) is 24.3 Å². The first-order valence-electron chi connectivity index (χ1n) is 8.27. The molecule has 0 aliphatic rings. The molecule has 0 saturated heterocycles. The molecule has 1 amide bonds. The summed E-state index contributed by atoms with van der Waals surface area (Å²) in [5, 5.41) is 6.48. The van der Waals surface area contributed by atoms with Gasteiger partial charge in [0, 0.05) is 6.07 Å². The summed E-state index contributed by atoms with van der Waals surface area (Å²) in [6, 6.07) is 17.6. The second-order valence-electron chi connectivity index (χ2n) is 6.15. The molecule has 0 bridgehead atoms. The molecule has 0 unspecified atom stereocenters. The molecule has 3 aromatic rings. The number of hydrogen-bond acceptors (Lipinski definition) is 4. The van der Waals surface area contributed by atoms with Crippen LogP contribution in [0.1, 0.15) is 22.9 Å². The molecule has 2 aromatic carbocycles. The van der Waals surface area contributed by atoms with Gasteiger partial charge in [-0.05, 0) is 37.2 Å². The summed E-state index contributed by atoms with van der Waals surface area (Å²) in [5.74, 6) is 0.521. The highest BCUT2D eigenvalue weighted by Gasteiger charge is 2.21. The van der Waals surface area contributed by atoms with Gasteiger partial charge in [0.2, 0.25) is 5.91 Å². The Morgan fingerprint density at radius 3 is 2.42 bits per heavy atom. The Labute approximate surface area is 151 Å². The smallest absolute Gasteiger partial charge is 0.239 e. The van der Waals surface area contributed by atoms with Crippen molar-refractivity contribution < 1.29 is 13.7 Å². The van der Waals surface area contributed by atoms with E-state index in [1.807, 2.05) is 42.3 Å². The van der Waals surface area contributed by atoms with Crippen LogP contribution < -0.4 is 5.32 Å². The van der Waals surface area contributed by atoms with Crippen LogP contribution in [0.4, 0.5) is 10.2 Å². The van der Waals surface area contributed by atoms with Gasteiger partial charge in [0.25, 0.3) is 0 Å². The number of nitrogens with one attached hydrogen (secondary N) is 1. The molecule has 0 spiro atoms. The lowest BCUT2D eigenvalue weighted by Gasteiger charge is -2.28. The fraction of sp³-hybridized carbons (Fsp3) is 0.200. The van der Waals surface area contributed by atoms with E-state index in [0.29, 0.717) is 11.6 Å². The third-order valence-corrected chi connectivity index (χ3v) is 4.03. The summed E-state index contributed by atoms with van der Waals surface area (Å²) in [6.45, 7) is 1.90. The first-order valence-corrected chi connectivity index (χ1v) is 8.27. The van der Waals surface area contributed by atoms with Crippen molar-refractivity contribution in [3.8, 4) is 0 Å². The van der Waals surface area contributed by atoms with Crippen LogP contribution in [0.3, 0.4) is 0 Å². The van der Waals surface area contributed by atoms with Gasteiger partial charge in [-0.15, -0.1) is 0 Å². The number of hydrogen-bond donors (Lipinski definition) is 1. The van der Waals surface area contributed by atoms with Crippen molar-refractivity contribution in [2.75, 3.05) is 18.9 Å². The third kappa shape index (κ3) is 4.34. The zero-order valence-electron chi connectivity index (χ0n) is 14.6. The van der Waals surface area contributed by atoms with E-state index in [1.165, 1.54) is 12.1 Å². The lowest BCUT2D eigenvalue weighted by atomic mass is 9.97. The Bertz CT molecular complexity index is 862. The van der Waals surface area contributed by atoms with Crippen LogP contribution >= 0.6 is 0 Å². The van der Waals surface area contributed by atoms with E-state index >= 15 is 0 Å². The zero-order valence-corrected chi connectivity index (χ0v) is 14.6. The van der Waals surface area contributed by atoms with Gasteiger partial charge in [0.15, 0.2) is 5.82 Å². The minimum Gasteiger partial charge on any atom is -0.360 e. The number of nitrogens with zero attached hydrogens (tertiary/aromatic N) is 2. The number of amides is 1. The Kier molecular flexibility index (Phi) is 5.43. The van der Waals surface area contributed by atoms with Gasteiger partial charge in [-0.25, -0.2) is 4.39 Å². The Balaban J connectivity index is 1.79. The third-order valence-electron chi connectivity index (χ3n) is 4.03. The summed E-state index contributed by atoms with van der Waals surface area (Å²) in [6.07, 6.45) is 0. The van der Waals surface area contributed by atoms with Gasteiger partial charge < -0.3 is 9.84 Å². The lowest BCUT2D eigenvalue weighted by Crippen LogP contribution is -2.34. The molecule has 0 fully saturated rings. The number of rotatable bonds is 6. The molecule has 0 saturated carbocycles. The monoisotopic (exact) mass is 353 g/mol. The molecule has 1 N–H and O–H groups in total. The van der Waals surface area contributed by atoms with Crippen molar-refractivity contribution in [1.29, 1.82) is 0 Å². The molecule has 3 rings (SSSR count). The average molecular weight is 353 g/mol. The predicted molar refractivity (Wildman–Crippen MR) is 97.2 cm³/mol. The maximum Gasteiger partial charge on any atom is 0.239 e. The number of halogens is 1. The van der Waals surface area contributed by atoms with Gasteiger partial charge in [-0.2, -0.15) is 0 Å². The largest absolute Gasteiger partial charge is 0.360 e. The molecular formula is C20H20FN3O2. The summed E-state index contributed by atoms with van der Waals surface area (Å²) >= 11 is 0. The van der Waals surface area contributed by atoms with E-state index in [4.69, 9.17) is 4.52 Å². The van der Waals surface area contributed by atoms with E-state index < -0.39 is 0 Å². The van der Waals surface area contributed by atoms with Gasteiger partial charge in [0.1, 0.15) is 11.6 Å². The highest BCUT2D eigenvalue weighted by Crippen LogP contribution is 2.27. The molecule has 1 atom stereocenters. The van der Waals surface area contributed by atoms with Gasteiger partial charge >= 0.3 is 0 Å². The normalized spacial score (nSPS) is 12.2. The quantitative estimate of drug-likeness (QED) is 0.733. The first-order chi connectivity index (χ1) is 12.5. The first kappa shape index (κ1) is 17.8. The number of benzene rings is 2. The van der Waals surface area contributed by atoms with Crippen LogP contribution in [0, 0.1) is 12.7 Å². The lowest BCUT2D eigenvalue weighted by molar-refractivity contribution is -0.117. The zero-order chi connectivity index (χ0) is 18.5. The average Bonchev–Trinajstić information content (AvgIpc) is 3.02. The fourth-order valence-corrected chi connectivity index (χ4v) is 2.91. The minimum atomic E-state index is -0.289. The van der Waals surface area contributed by atoms with Crippen LogP contribution in [-0.4, -0.2) is 29.6 Å². The molecule has 0 aliphatic heterocycles. The number of carbonyl (C=O) groups excluding carboxylic acids is 1. The minimum absolute atomic E-state index is 0.142. The molecule has 6 heteroatoms. The van der Waals surface area contributed by atoms with Crippen LogP contribution in [-0.2, 0) is 4.79 Å². The maximum absolute atomic E-state index is 13.3. The maximum atomic E-state index is 13.3. The van der Waals surface area contributed by atoms with Crippen LogP contribution in [0.5, 0.6) is 0 Å². The van der Waals surface area contributed by atoms with Gasteiger partial charge in [-0.1, -0.05) is 47.6 Å². The topological polar surface area (TPSA) is 58.4 Å². The number of likely N-dealkylation sites (N-methyl/N-ethyl adjacent to an activating group) is 1. The summed E-state index contributed by atoms with van der Waals surface area (Å²) in [7, 11) is 1.86. The molecule has 1 heterocycles. The molecule has 26 heavy (non-hydrogen) atoms. The second-order valence-corrected chi connectivity index (χ2v) is 6.15. The molecule has 5 nitrogen and oxygen atoms in total. The standard InChI is InChI=1S/C20H20FN3O2/c1-14-12-18(23-26-14)22-19(25)13-24(2)20(15-6-4-3-5-7-15)16-8-10-17(21)11-9-16/h3-12,20H,13H2,1-2H3,(H,22,23,25)/t20-/m0/s1. The summed E-state index contributed by atoms with van der Waals surface area (Å²) in [4.78, 5) is 14.3. The SMILES string of the molecule is Cc1cc(NC(=O)CN(C)[C@@H](c2ccccc2)c2ccc(F)cc2)no1. The Morgan fingerprint density at radius 1 is 1.15 bits per heavy atom. The van der Waals surface area contributed by atoms with E-state index in [9.17, 15) is 9.18 Å². The van der Waals surface area contributed by atoms with Crippen LogP contribution in [0.2, 0.25) is 0 Å². The molecule has 1 aromatic heterocycles. The van der Waals surface area contributed by atoms with Crippen molar-refractivity contribution in [2.24, 2.45) is 0 Å². The molecule has 134 valence electrons. The molecular weight excluding hydrogens is 333 g/mol.